The van der Waals surface area contributed by atoms with Gasteiger partial charge in [-0.3, -0.25) is 0 Å². The van der Waals surface area contributed by atoms with Crippen molar-refractivity contribution in [3.05, 3.63) is 12.2 Å². The van der Waals surface area contributed by atoms with E-state index in [2.05, 4.69) is 29.2 Å². The number of aliphatic hydroxyl groups is 1. The number of hydrogen-bond donors (Lipinski definition) is 1. The molecular weight excluding hydrogens is 351 g/mol. The zero-order valence-corrected chi connectivity index (χ0v) is 13.9. The zero-order chi connectivity index (χ0) is 13.6. The summed E-state index contributed by atoms with van der Waals surface area (Å²) in [5.41, 5.74) is 0.545. The molecule has 0 aromatic rings. The maximum Gasteiger partial charge on any atom is 0.101 e. The Kier molecular flexibility index (Phi) is 3.76. The Hall–Kier alpha value is 0.390. The predicted molar refractivity (Wildman–Crippen MR) is 85.7 cm³/mol. The second kappa shape index (κ2) is 4.99. The van der Waals surface area contributed by atoms with Gasteiger partial charge < -0.3 is 9.84 Å². The second-order valence-electron chi connectivity index (χ2n) is 7.01. The summed E-state index contributed by atoms with van der Waals surface area (Å²) in [6.07, 6.45) is 10.9. The van der Waals surface area contributed by atoms with Gasteiger partial charge in [0.1, 0.15) is 5.60 Å². The van der Waals surface area contributed by atoms with Gasteiger partial charge in [0.25, 0.3) is 0 Å². The molecule has 3 aliphatic rings. The Labute approximate surface area is 130 Å². The summed E-state index contributed by atoms with van der Waals surface area (Å²) in [5.74, 6) is 0. The number of hydrogen-bond acceptors (Lipinski definition) is 2. The lowest BCUT2D eigenvalue weighted by Crippen LogP contribution is -2.43. The maximum atomic E-state index is 10.8. The van der Waals surface area contributed by atoms with E-state index in [0.717, 1.165) is 43.0 Å². The van der Waals surface area contributed by atoms with Crippen molar-refractivity contribution in [1.29, 1.82) is 0 Å². The monoisotopic (exact) mass is 376 g/mol. The van der Waals surface area contributed by atoms with Crippen LogP contribution in [0.4, 0.5) is 0 Å². The molecule has 1 heterocycles. The fourth-order valence-electron chi connectivity index (χ4n) is 4.44. The smallest absolute Gasteiger partial charge is 0.101 e. The van der Waals surface area contributed by atoms with Gasteiger partial charge in [0.05, 0.1) is 11.2 Å². The lowest BCUT2D eigenvalue weighted by molar-refractivity contribution is -0.114. The molecule has 2 nitrogen and oxygen atoms in total. The van der Waals surface area contributed by atoms with Gasteiger partial charge in [-0.2, -0.15) is 0 Å². The number of ether oxygens (including phenoxy) is 1. The molecule has 1 saturated heterocycles. The van der Waals surface area contributed by atoms with Gasteiger partial charge in [0.2, 0.25) is 0 Å². The molecule has 1 aliphatic heterocycles. The molecule has 0 bridgehead atoms. The Morgan fingerprint density at radius 2 is 1.68 bits per heavy atom. The quantitative estimate of drug-likeness (QED) is 0.456. The fraction of sp³-hybridized carbons (Fsp3) is 0.875. The summed E-state index contributed by atoms with van der Waals surface area (Å²) >= 11 is 2.42. The SMILES string of the molecule is C=C1CC2(CCCC2)OC1(CI)CC1(O)CCCC1. The third-order valence-corrected chi connectivity index (χ3v) is 6.70. The van der Waals surface area contributed by atoms with E-state index >= 15 is 0 Å². The Balaban J connectivity index is 1.80. The van der Waals surface area contributed by atoms with Gasteiger partial charge in [0.15, 0.2) is 0 Å². The highest BCUT2D eigenvalue weighted by molar-refractivity contribution is 14.1. The molecule has 1 atom stereocenters. The molecule has 19 heavy (non-hydrogen) atoms. The average Bonchev–Trinajstić information content (AvgIpc) is 3.04. The summed E-state index contributed by atoms with van der Waals surface area (Å²) in [4.78, 5) is 0. The van der Waals surface area contributed by atoms with E-state index in [4.69, 9.17) is 4.74 Å². The number of rotatable bonds is 3. The minimum atomic E-state index is -0.502. The van der Waals surface area contributed by atoms with Crippen LogP contribution < -0.4 is 0 Å². The van der Waals surface area contributed by atoms with E-state index in [1.807, 2.05) is 0 Å². The predicted octanol–water partition coefficient (Wildman–Crippen LogP) is 4.14. The molecule has 1 unspecified atom stereocenters. The third-order valence-electron chi connectivity index (χ3n) is 5.47. The van der Waals surface area contributed by atoms with Crippen LogP contribution in [0.15, 0.2) is 12.2 Å². The number of alkyl halides is 1. The highest BCUT2D eigenvalue weighted by Crippen LogP contribution is 2.54. The van der Waals surface area contributed by atoms with Crippen molar-refractivity contribution < 1.29 is 9.84 Å². The second-order valence-corrected chi connectivity index (χ2v) is 7.77. The van der Waals surface area contributed by atoms with Gasteiger partial charge >= 0.3 is 0 Å². The van der Waals surface area contributed by atoms with Crippen molar-refractivity contribution in [3.8, 4) is 0 Å². The van der Waals surface area contributed by atoms with Crippen LogP contribution in [0.2, 0.25) is 0 Å². The maximum absolute atomic E-state index is 10.8. The van der Waals surface area contributed by atoms with Crippen molar-refractivity contribution in [2.24, 2.45) is 0 Å². The van der Waals surface area contributed by atoms with Crippen molar-refractivity contribution in [1.82, 2.24) is 0 Å². The summed E-state index contributed by atoms with van der Waals surface area (Å²) < 4.78 is 7.54. The molecule has 108 valence electrons. The highest BCUT2D eigenvalue weighted by atomic mass is 127. The Morgan fingerprint density at radius 1 is 1.11 bits per heavy atom. The Bertz CT molecular complexity index is 367. The minimum absolute atomic E-state index is 0.0667. The molecule has 0 radical (unpaired) electrons. The van der Waals surface area contributed by atoms with E-state index in [-0.39, 0.29) is 11.2 Å². The molecule has 0 amide bonds. The van der Waals surface area contributed by atoms with Crippen LogP contribution in [0.1, 0.15) is 64.2 Å². The zero-order valence-electron chi connectivity index (χ0n) is 11.7. The first-order chi connectivity index (χ1) is 9.02. The summed E-state index contributed by atoms with van der Waals surface area (Å²) in [6, 6.07) is 0. The van der Waals surface area contributed by atoms with Crippen LogP contribution in [0.25, 0.3) is 0 Å². The van der Waals surface area contributed by atoms with E-state index in [9.17, 15) is 5.11 Å². The average molecular weight is 376 g/mol. The summed E-state index contributed by atoms with van der Waals surface area (Å²) in [5, 5.41) is 10.8. The lowest BCUT2D eigenvalue weighted by atomic mass is 9.82. The summed E-state index contributed by atoms with van der Waals surface area (Å²) in [6.45, 7) is 4.33. The molecule has 3 heteroatoms. The lowest BCUT2D eigenvalue weighted by Gasteiger charge is -2.37. The van der Waals surface area contributed by atoms with E-state index < -0.39 is 5.60 Å². The van der Waals surface area contributed by atoms with E-state index in [1.165, 1.54) is 31.3 Å². The molecule has 3 rings (SSSR count). The first-order valence-electron chi connectivity index (χ1n) is 7.68. The normalized spacial score (nSPS) is 36.4. The van der Waals surface area contributed by atoms with Gasteiger partial charge in [-0.25, -0.2) is 0 Å². The largest absolute Gasteiger partial charge is 0.390 e. The number of halogens is 1. The molecule has 1 spiro atoms. The highest BCUT2D eigenvalue weighted by Gasteiger charge is 2.55. The molecule has 0 aromatic heterocycles. The van der Waals surface area contributed by atoms with E-state index in [1.54, 1.807) is 0 Å². The standard InChI is InChI=1S/C16H25IO2/c1-13-10-15(8-4-5-9-15)19-16(13,12-17)11-14(18)6-2-3-7-14/h18H,1-12H2. The minimum Gasteiger partial charge on any atom is -0.390 e. The molecule has 0 aromatic carbocycles. The van der Waals surface area contributed by atoms with Crippen LogP contribution in [0, 0.1) is 0 Å². The summed E-state index contributed by atoms with van der Waals surface area (Å²) in [7, 11) is 0. The first-order valence-corrected chi connectivity index (χ1v) is 9.21. The molecule has 2 aliphatic carbocycles. The van der Waals surface area contributed by atoms with Crippen molar-refractivity contribution in [2.45, 2.75) is 81.0 Å². The van der Waals surface area contributed by atoms with Gasteiger partial charge in [-0.15, -0.1) is 0 Å². The van der Waals surface area contributed by atoms with Crippen LogP contribution >= 0.6 is 22.6 Å². The van der Waals surface area contributed by atoms with E-state index in [0.29, 0.717) is 0 Å². The molecule has 3 fully saturated rings. The van der Waals surface area contributed by atoms with Crippen molar-refractivity contribution in [2.75, 3.05) is 4.43 Å². The van der Waals surface area contributed by atoms with Gasteiger partial charge in [0, 0.05) is 10.8 Å². The van der Waals surface area contributed by atoms with Gasteiger partial charge in [-0.1, -0.05) is 54.9 Å². The third kappa shape index (κ3) is 2.51. The molecular formula is C16H25IO2. The van der Waals surface area contributed by atoms with Crippen LogP contribution in [0.3, 0.4) is 0 Å². The van der Waals surface area contributed by atoms with Gasteiger partial charge in [-0.05, 0) is 37.7 Å². The van der Waals surface area contributed by atoms with Crippen LogP contribution in [-0.2, 0) is 4.74 Å². The van der Waals surface area contributed by atoms with Crippen LogP contribution in [-0.4, -0.2) is 26.3 Å². The first kappa shape index (κ1) is 14.3. The van der Waals surface area contributed by atoms with Crippen LogP contribution in [0.5, 0.6) is 0 Å². The van der Waals surface area contributed by atoms with Crippen molar-refractivity contribution in [3.63, 3.8) is 0 Å². The molecule has 1 N–H and O–H groups in total. The topological polar surface area (TPSA) is 29.5 Å². The fourth-order valence-corrected chi connectivity index (χ4v) is 5.41. The van der Waals surface area contributed by atoms with Crippen molar-refractivity contribution >= 4 is 22.6 Å². The molecule has 2 saturated carbocycles. The Morgan fingerprint density at radius 3 is 2.26 bits per heavy atom.